The lowest BCUT2D eigenvalue weighted by Crippen LogP contribution is -1.83. The van der Waals surface area contributed by atoms with Gasteiger partial charge in [-0.3, -0.25) is 0 Å². The van der Waals surface area contributed by atoms with Gasteiger partial charge in [0.1, 0.15) is 0 Å². The fourth-order valence-electron chi connectivity index (χ4n) is 2.34. The van der Waals surface area contributed by atoms with E-state index in [1.807, 2.05) is 0 Å². The maximum Gasteiger partial charge on any atom is -0.00857 e. The van der Waals surface area contributed by atoms with Gasteiger partial charge < -0.3 is 0 Å². The van der Waals surface area contributed by atoms with Crippen molar-refractivity contribution < 1.29 is 0 Å². The van der Waals surface area contributed by atoms with Gasteiger partial charge >= 0.3 is 0 Å². The van der Waals surface area contributed by atoms with E-state index in [4.69, 9.17) is 0 Å². The third kappa shape index (κ3) is 1.47. The summed E-state index contributed by atoms with van der Waals surface area (Å²) < 4.78 is 0. The van der Waals surface area contributed by atoms with Crippen molar-refractivity contribution in [2.75, 3.05) is 0 Å². The summed E-state index contributed by atoms with van der Waals surface area (Å²) in [5.41, 5.74) is 4.22. The van der Waals surface area contributed by atoms with E-state index in [0.717, 1.165) is 6.42 Å². The van der Waals surface area contributed by atoms with E-state index >= 15 is 0 Å². The summed E-state index contributed by atoms with van der Waals surface area (Å²) in [6.45, 7) is 2.19. The molecule has 0 heteroatoms. The second-order valence-corrected chi connectivity index (χ2v) is 4.33. The van der Waals surface area contributed by atoms with E-state index in [9.17, 15) is 0 Å². The molecule has 0 spiro atoms. The van der Waals surface area contributed by atoms with Gasteiger partial charge in [-0.15, -0.1) is 0 Å². The summed E-state index contributed by atoms with van der Waals surface area (Å²) in [5.74, 6) is 0. The molecule has 0 saturated carbocycles. The first-order valence-electron chi connectivity index (χ1n) is 5.70. The lowest BCUT2D eigenvalue weighted by atomic mass is 9.99. The Hall–Kier alpha value is -1.82. The Morgan fingerprint density at radius 1 is 0.938 bits per heavy atom. The SMILES string of the molecule is CC1=C(c2ccc3ccccc3c2)CC=C1. The van der Waals surface area contributed by atoms with Crippen LogP contribution < -0.4 is 0 Å². The molecule has 0 saturated heterocycles. The molecule has 1 aliphatic rings. The van der Waals surface area contributed by atoms with Gasteiger partial charge in [0.15, 0.2) is 0 Å². The highest BCUT2D eigenvalue weighted by molar-refractivity contribution is 5.87. The Morgan fingerprint density at radius 2 is 1.75 bits per heavy atom. The number of fused-ring (bicyclic) bond motifs is 1. The largest absolute Gasteiger partial charge is 0.0798 e. The Kier molecular flexibility index (Phi) is 2.14. The minimum atomic E-state index is 1.07. The fourth-order valence-corrected chi connectivity index (χ4v) is 2.34. The van der Waals surface area contributed by atoms with Gasteiger partial charge in [0.25, 0.3) is 0 Å². The standard InChI is InChI=1S/C16H14/c1-12-5-4-8-16(12)15-10-9-13-6-2-3-7-14(13)11-15/h2-7,9-11H,8H2,1H3. The van der Waals surface area contributed by atoms with Gasteiger partial charge in [0.2, 0.25) is 0 Å². The van der Waals surface area contributed by atoms with Crippen LogP contribution in [0.25, 0.3) is 16.3 Å². The first-order chi connectivity index (χ1) is 7.84. The highest BCUT2D eigenvalue weighted by atomic mass is 14.1. The lowest BCUT2D eigenvalue weighted by Gasteiger charge is -2.06. The van der Waals surface area contributed by atoms with Crippen LogP contribution in [-0.4, -0.2) is 0 Å². The third-order valence-electron chi connectivity index (χ3n) is 3.26. The summed E-state index contributed by atoms with van der Waals surface area (Å²) in [5, 5.41) is 2.64. The first kappa shape index (κ1) is 9.41. The van der Waals surface area contributed by atoms with Crippen molar-refractivity contribution >= 4 is 16.3 Å². The Balaban J connectivity index is 2.16. The summed E-state index contributed by atoms with van der Waals surface area (Å²) in [4.78, 5) is 0. The second kappa shape index (κ2) is 3.64. The van der Waals surface area contributed by atoms with Crippen LogP contribution in [0, 0.1) is 0 Å². The Morgan fingerprint density at radius 3 is 2.50 bits per heavy atom. The molecule has 0 nitrogen and oxygen atoms in total. The summed E-state index contributed by atoms with van der Waals surface area (Å²) >= 11 is 0. The van der Waals surface area contributed by atoms with Crippen molar-refractivity contribution in [3.63, 3.8) is 0 Å². The predicted molar refractivity (Wildman–Crippen MR) is 70.3 cm³/mol. The quantitative estimate of drug-likeness (QED) is 0.641. The molecule has 0 aliphatic heterocycles. The van der Waals surface area contributed by atoms with E-state index in [0.29, 0.717) is 0 Å². The summed E-state index contributed by atoms with van der Waals surface area (Å²) in [6.07, 6.45) is 5.52. The molecule has 16 heavy (non-hydrogen) atoms. The zero-order valence-electron chi connectivity index (χ0n) is 9.40. The minimum absolute atomic E-state index is 1.07. The lowest BCUT2D eigenvalue weighted by molar-refractivity contribution is 1.42. The second-order valence-electron chi connectivity index (χ2n) is 4.33. The van der Waals surface area contributed by atoms with E-state index in [-0.39, 0.29) is 0 Å². The summed E-state index contributed by atoms with van der Waals surface area (Å²) in [7, 11) is 0. The molecule has 0 unspecified atom stereocenters. The van der Waals surface area contributed by atoms with Crippen molar-refractivity contribution in [1.82, 2.24) is 0 Å². The van der Waals surface area contributed by atoms with Gasteiger partial charge in [-0.2, -0.15) is 0 Å². The molecule has 0 radical (unpaired) electrons. The van der Waals surface area contributed by atoms with Gasteiger partial charge in [-0.25, -0.2) is 0 Å². The highest BCUT2D eigenvalue weighted by Crippen LogP contribution is 2.30. The molecule has 78 valence electrons. The molecule has 0 bridgehead atoms. The van der Waals surface area contributed by atoms with Crippen LogP contribution in [-0.2, 0) is 0 Å². The van der Waals surface area contributed by atoms with E-state index < -0.39 is 0 Å². The minimum Gasteiger partial charge on any atom is -0.0798 e. The Bertz CT molecular complexity index is 600. The molecular weight excluding hydrogens is 192 g/mol. The smallest absolute Gasteiger partial charge is 0.00857 e. The van der Waals surface area contributed by atoms with Crippen LogP contribution in [0.2, 0.25) is 0 Å². The summed E-state index contributed by atoms with van der Waals surface area (Å²) in [6, 6.07) is 15.3. The third-order valence-corrected chi connectivity index (χ3v) is 3.26. The molecule has 0 heterocycles. The molecule has 0 N–H and O–H groups in total. The zero-order valence-corrected chi connectivity index (χ0v) is 9.40. The highest BCUT2D eigenvalue weighted by Gasteiger charge is 2.07. The zero-order chi connectivity index (χ0) is 11.0. The van der Waals surface area contributed by atoms with Crippen molar-refractivity contribution in [1.29, 1.82) is 0 Å². The Labute approximate surface area is 95.9 Å². The van der Waals surface area contributed by atoms with E-state index in [1.165, 1.54) is 27.5 Å². The van der Waals surface area contributed by atoms with Crippen molar-refractivity contribution in [2.24, 2.45) is 0 Å². The van der Waals surface area contributed by atoms with Crippen LogP contribution in [0.3, 0.4) is 0 Å². The number of benzene rings is 2. The normalized spacial score (nSPS) is 15.1. The van der Waals surface area contributed by atoms with Gasteiger partial charge in [0, 0.05) is 0 Å². The van der Waals surface area contributed by atoms with E-state index in [1.54, 1.807) is 0 Å². The maximum absolute atomic E-state index is 2.29. The predicted octanol–water partition coefficient (Wildman–Crippen LogP) is 4.57. The fraction of sp³-hybridized carbons (Fsp3) is 0.125. The van der Waals surface area contributed by atoms with Crippen molar-refractivity contribution in [3.05, 3.63) is 65.8 Å². The van der Waals surface area contributed by atoms with Gasteiger partial charge in [0.05, 0.1) is 0 Å². The van der Waals surface area contributed by atoms with E-state index in [2.05, 4.69) is 61.5 Å². The van der Waals surface area contributed by atoms with Crippen LogP contribution in [0.4, 0.5) is 0 Å². The molecule has 0 amide bonds. The van der Waals surface area contributed by atoms with Crippen molar-refractivity contribution in [2.45, 2.75) is 13.3 Å². The van der Waals surface area contributed by atoms with Crippen LogP contribution >= 0.6 is 0 Å². The van der Waals surface area contributed by atoms with Crippen LogP contribution in [0.15, 0.2) is 60.2 Å². The van der Waals surface area contributed by atoms with Gasteiger partial charge in [-0.05, 0) is 46.9 Å². The molecule has 0 aromatic heterocycles. The van der Waals surface area contributed by atoms with Crippen LogP contribution in [0.5, 0.6) is 0 Å². The molecule has 1 aliphatic carbocycles. The molecule has 3 rings (SSSR count). The topological polar surface area (TPSA) is 0 Å². The van der Waals surface area contributed by atoms with Gasteiger partial charge in [-0.1, -0.05) is 48.6 Å². The van der Waals surface area contributed by atoms with Crippen molar-refractivity contribution in [3.8, 4) is 0 Å². The number of allylic oxidation sites excluding steroid dienone is 4. The molecular formula is C16H14. The number of hydrogen-bond donors (Lipinski definition) is 0. The molecule has 2 aromatic rings. The average Bonchev–Trinajstić information content (AvgIpc) is 2.75. The molecule has 2 aromatic carbocycles. The monoisotopic (exact) mass is 206 g/mol. The van der Waals surface area contributed by atoms with Crippen LogP contribution in [0.1, 0.15) is 18.9 Å². The molecule has 0 atom stereocenters. The molecule has 0 fully saturated rings. The average molecular weight is 206 g/mol. The number of hydrogen-bond acceptors (Lipinski definition) is 0. The maximum atomic E-state index is 2.29. The first-order valence-corrected chi connectivity index (χ1v) is 5.70. The number of rotatable bonds is 1.